The predicted molar refractivity (Wildman–Crippen MR) is 82.4 cm³/mol. The Morgan fingerprint density at radius 1 is 1.25 bits per heavy atom. The van der Waals surface area contributed by atoms with Gasteiger partial charge in [0.1, 0.15) is 0 Å². The highest BCUT2D eigenvalue weighted by atomic mass is 16.2. The molecule has 1 aliphatic heterocycles. The smallest absolute Gasteiger partial charge is 0.224 e. The van der Waals surface area contributed by atoms with E-state index in [0.717, 1.165) is 38.4 Å². The van der Waals surface area contributed by atoms with Gasteiger partial charge < -0.3 is 16.0 Å². The first kappa shape index (κ1) is 15.8. The van der Waals surface area contributed by atoms with E-state index in [-0.39, 0.29) is 17.2 Å². The number of nitrogens with zero attached hydrogens (tertiary/aromatic N) is 1. The molecule has 1 unspecified atom stereocenters. The van der Waals surface area contributed by atoms with Gasteiger partial charge in [-0.15, -0.1) is 0 Å². The third kappa shape index (κ3) is 4.74. The highest BCUT2D eigenvalue weighted by molar-refractivity contribution is 5.79. The first-order chi connectivity index (χ1) is 9.39. The highest BCUT2D eigenvalue weighted by Crippen LogP contribution is 2.29. The Morgan fingerprint density at radius 2 is 1.85 bits per heavy atom. The maximum Gasteiger partial charge on any atom is 0.224 e. The lowest BCUT2D eigenvalue weighted by Gasteiger charge is -2.33. The van der Waals surface area contributed by atoms with Crippen LogP contribution in [0.5, 0.6) is 0 Å². The average Bonchev–Trinajstić information content (AvgIpc) is 3.20. The van der Waals surface area contributed by atoms with Crippen LogP contribution < -0.4 is 11.1 Å². The van der Waals surface area contributed by atoms with Crippen LogP contribution in [0.3, 0.4) is 0 Å². The topological polar surface area (TPSA) is 58.4 Å². The maximum atomic E-state index is 12.3. The van der Waals surface area contributed by atoms with Crippen LogP contribution in [0.4, 0.5) is 0 Å². The van der Waals surface area contributed by atoms with Gasteiger partial charge in [-0.25, -0.2) is 0 Å². The summed E-state index contributed by atoms with van der Waals surface area (Å²) in [5.74, 6) is 0.115. The van der Waals surface area contributed by atoms with Gasteiger partial charge in [-0.1, -0.05) is 20.8 Å². The molecule has 1 atom stereocenters. The van der Waals surface area contributed by atoms with E-state index in [1.54, 1.807) is 0 Å². The number of nitrogens with one attached hydrogen (secondary N) is 1. The molecule has 0 aromatic rings. The van der Waals surface area contributed by atoms with E-state index in [0.29, 0.717) is 12.6 Å². The summed E-state index contributed by atoms with van der Waals surface area (Å²) in [5, 5.41) is 3.23. The van der Waals surface area contributed by atoms with Gasteiger partial charge in [0, 0.05) is 31.7 Å². The zero-order valence-electron chi connectivity index (χ0n) is 13.3. The lowest BCUT2D eigenvalue weighted by molar-refractivity contribution is -0.126. The zero-order valence-corrected chi connectivity index (χ0v) is 13.3. The Kier molecular flexibility index (Phi) is 5.08. The van der Waals surface area contributed by atoms with E-state index in [4.69, 9.17) is 5.73 Å². The van der Waals surface area contributed by atoms with Gasteiger partial charge in [0.05, 0.1) is 5.92 Å². The monoisotopic (exact) mass is 281 g/mol. The van der Waals surface area contributed by atoms with E-state index in [2.05, 4.69) is 31.0 Å². The minimum atomic E-state index is -0.0449. The Balaban J connectivity index is 1.75. The number of carbonyl (C=O) groups is 1. The Hall–Kier alpha value is -0.610. The zero-order chi connectivity index (χ0) is 14.8. The number of likely N-dealkylation sites (tertiary alicyclic amines) is 1. The maximum absolute atomic E-state index is 12.3. The SMILES string of the molecule is CC(C)(C)CC(CN)C(=O)NC1CCN(C2CC2)CC1. The summed E-state index contributed by atoms with van der Waals surface area (Å²) in [6.07, 6.45) is 5.79. The second-order valence-corrected chi connectivity index (χ2v) is 7.75. The molecule has 0 bridgehead atoms. The van der Waals surface area contributed by atoms with Gasteiger partial charge in [-0.3, -0.25) is 4.79 Å². The molecule has 1 heterocycles. The van der Waals surface area contributed by atoms with Crippen LogP contribution in [0.1, 0.15) is 52.9 Å². The fourth-order valence-electron chi connectivity index (χ4n) is 3.19. The van der Waals surface area contributed by atoms with Crippen molar-refractivity contribution in [3.8, 4) is 0 Å². The molecule has 1 amide bonds. The van der Waals surface area contributed by atoms with Crippen molar-refractivity contribution in [2.24, 2.45) is 17.1 Å². The molecule has 4 nitrogen and oxygen atoms in total. The lowest BCUT2D eigenvalue weighted by atomic mass is 9.84. The van der Waals surface area contributed by atoms with Gasteiger partial charge >= 0.3 is 0 Å². The highest BCUT2D eigenvalue weighted by Gasteiger charge is 2.33. The van der Waals surface area contributed by atoms with Crippen LogP contribution in [-0.2, 0) is 4.79 Å². The Morgan fingerprint density at radius 3 is 2.30 bits per heavy atom. The van der Waals surface area contributed by atoms with Crippen LogP contribution in [-0.4, -0.2) is 42.5 Å². The van der Waals surface area contributed by atoms with Crippen molar-refractivity contribution in [3.05, 3.63) is 0 Å². The molecule has 0 spiro atoms. The van der Waals surface area contributed by atoms with Crippen LogP contribution >= 0.6 is 0 Å². The lowest BCUT2D eigenvalue weighted by Crippen LogP contribution is -2.48. The summed E-state index contributed by atoms with van der Waals surface area (Å²) >= 11 is 0. The van der Waals surface area contributed by atoms with Gasteiger partial charge in [-0.05, 0) is 37.5 Å². The molecule has 20 heavy (non-hydrogen) atoms. The molecule has 116 valence electrons. The van der Waals surface area contributed by atoms with Crippen molar-refractivity contribution < 1.29 is 4.79 Å². The largest absolute Gasteiger partial charge is 0.353 e. The molecule has 0 aromatic carbocycles. The standard InChI is InChI=1S/C16H31N3O/c1-16(2,3)10-12(11-17)15(20)18-13-6-8-19(9-7-13)14-4-5-14/h12-14H,4-11,17H2,1-3H3,(H,18,20). The van der Waals surface area contributed by atoms with Crippen molar-refractivity contribution in [1.82, 2.24) is 10.2 Å². The van der Waals surface area contributed by atoms with Gasteiger partial charge in [0.25, 0.3) is 0 Å². The quantitative estimate of drug-likeness (QED) is 0.807. The van der Waals surface area contributed by atoms with E-state index < -0.39 is 0 Å². The van der Waals surface area contributed by atoms with Crippen molar-refractivity contribution in [2.45, 2.75) is 65.0 Å². The number of nitrogens with two attached hydrogens (primary N) is 1. The molecule has 0 radical (unpaired) electrons. The number of amides is 1. The third-order valence-electron chi connectivity index (χ3n) is 4.45. The molecule has 4 heteroatoms. The van der Waals surface area contributed by atoms with Crippen molar-refractivity contribution in [1.29, 1.82) is 0 Å². The first-order valence-corrected chi connectivity index (χ1v) is 8.13. The van der Waals surface area contributed by atoms with Crippen molar-refractivity contribution in [3.63, 3.8) is 0 Å². The molecule has 1 aliphatic carbocycles. The molecule has 1 saturated carbocycles. The van der Waals surface area contributed by atoms with E-state index in [9.17, 15) is 4.79 Å². The second-order valence-electron chi connectivity index (χ2n) is 7.75. The average molecular weight is 281 g/mol. The summed E-state index contributed by atoms with van der Waals surface area (Å²) in [7, 11) is 0. The summed E-state index contributed by atoms with van der Waals surface area (Å²) in [5.41, 5.74) is 5.94. The molecule has 3 N–H and O–H groups in total. The predicted octanol–water partition coefficient (Wildman–Crippen LogP) is 1.74. The van der Waals surface area contributed by atoms with Crippen molar-refractivity contribution in [2.75, 3.05) is 19.6 Å². The van der Waals surface area contributed by atoms with E-state index >= 15 is 0 Å². The summed E-state index contributed by atoms with van der Waals surface area (Å²) in [6, 6.07) is 1.20. The third-order valence-corrected chi connectivity index (χ3v) is 4.45. The Bertz CT molecular complexity index is 325. The van der Waals surface area contributed by atoms with Crippen LogP contribution in [0, 0.1) is 11.3 Å². The van der Waals surface area contributed by atoms with Gasteiger partial charge in [-0.2, -0.15) is 0 Å². The van der Waals surface area contributed by atoms with Gasteiger partial charge in [0.2, 0.25) is 5.91 Å². The Labute approximate surface area is 123 Å². The number of piperidine rings is 1. The van der Waals surface area contributed by atoms with E-state index in [1.807, 2.05) is 0 Å². The summed E-state index contributed by atoms with van der Waals surface area (Å²) < 4.78 is 0. The fourth-order valence-corrected chi connectivity index (χ4v) is 3.19. The van der Waals surface area contributed by atoms with Crippen molar-refractivity contribution >= 4 is 5.91 Å². The minimum absolute atomic E-state index is 0.0449. The first-order valence-electron chi connectivity index (χ1n) is 8.13. The summed E-state index contributed by atoms with van der Waals surface area (Å²) in [6.45, 7) is 9.22. The molecule has 1 saturated heterocycles. The molecule has 0 aromatic heterocycles. The molecular formula is C16H31N3O. The second kappa shape index (κ2) is 6.44. The van der Waals surface area contributed by atoms with Crippen LogP contribution in [0.25, 0.3) is 0 Å². The molecule has 2 aliphatic rings. The molecular weight excluding hydrogens is 250 g/mol. The fraction of sp³-hybridized carbons (Fsp3) is 0.938. The number of rotatable bonds is 5. The normalized spacial score (nSPS) is 23.6. The number of hydrogen-bond acceptors (Lipinski definition) is 3. The van der Waals surface area contributed by atoms with Gasteiger partial charge in [0.15, 0.2) is 0 Å². The minimum Gasteiger partial charge on any atom is -0.353 e. The van der Waals surface area contributed by atoms with Crippen LogP contribution in [0.2, 0.25) is 0 Å². The summed E-state index contributed by atoms with van der Waals surface area (Å²) in [4.78, 5) is 14.9. The number of carbonyl (C=O) groups excluding carboxylic acids is 1. The number of hydrogen-bond donors (Lipinski definition) is 2. The van der Waals surface area contributed by atoms with E-state index in [1.165, 1.54) is 12.8 Å². The van der Waals surface area contributed by atoms with Crippen LogP contribution in [0.15, 0.2) is 0 Å². The molecule has 2 rings (SSSR count). The molecule has 2 fully saturated rings.